The van der Waals surface area contributed by atoms with Gasteiger partial charge < -0.3 is 15.5 Å². The number of halogens is 4. The Balaban J connectivity index is 0.00000264. The lowest BCUT2D eigenvalue weighted by molar-refractivity contribution is -0.140. The van der Waals surface area contributed by atoms with E-state index in [9.17, 15) is 13.2 Å². The summed E-state index contributed by atoms with van der Waals surface area (Å²) in [6.07, 6.45) is -3.24. The van der Waals surface area contributed by atoms with E-state index in [1.54, 1.807) is 7.05 Å². The molecule has 2 N–H and O–H groups in total. The fraction of sp³-hybridized carbons (Fsp3) is 0.692. The molecule has 0 radical (unpaired) electrons. The number of aliphatic imine (C=N–C) groups is 1. The highest BCUT2D eigenvalue weighted by Gasteiger charge is 2.33. The zero-order valence-corrected chi connectivity index (χ0v) is 16.1. The van der Waals surface area contributed by atoms with Gasteiger partial charge in [0.25, 0.3) is 0 Å². The first-order chi connectivity index (χ1) is 10.4. The molecule has 2 rings (SSSR count). The fourth-order valence-corrected chi connectivity index (χ4v) is 3.08. The molecule has 10 heteroatoms. The molecule has 5 nitrogen and oxygen atoms in total. The molecule has 0 spiro atoms. The number of nitrogens with zero attached hydrogens (tertiary/aromatic N) is 3. The van der Waals surface area contributed by atoms with Crippen molar-refractivity contribution in [3.05, 3.63) is 16.1 Å². The van der Waals surface area contributed by atoms with Crippen LogP contribution in [-0.4, -0.2) is 49.6 Å². The van der Waals surface area contributed by atoms with Crippen molar-refractivity contribution in [2.45, 2.75) is 19.1 Å². The Bertz CT molecular complexity index is 520. The second-order valence-corrected chi connectivity index (χ2v) is 6.29. The van der Waals surface area contributed by atoms with E-state index in [1.165, 1.54) is 0 Å². The van der Waals surface area contributed by atoms with Crippen molar-refractivity contribution in [3.63, 3.8) is 0 Å². The Kier molecular flexibility index (Phi) is 8.01. The number of alkyl halides is 3. The van der Waals surface area contributed by atoms with Gasteiger partial charge in [0, 0.05) is 25.5 Å². The molecule has 23 heavy (non-hydrogen) atoms. The van der Waals surface area contributed by atoms with Gasteiger partial charge in [-0.1, -0.05) is 0 Å². The quantitative estimate of drug-likeness (QED) is 0.409. The summed E-state index contributed by atoms with van der Waals surface area (Å²) in [4.78, 5) is 9.93. The van der Waals surface area contributed by atoms with Crippen LogP contribution < -0.4 is 10.6 Å². The Morgan fingerprint density at radius 2 is 2.22 bits per heavy atom. The molecule has 1 atom stereocenters. The van der Waals surface area contributed by atoms with Crippen LogP contribution in [0.1, 0.15) is 17.1 Å². The molecule has 132 valence electrons. The van der Waals surface area contributed by atoms with Crippen molar-refractivity contribution in [1.29, 1.82) is 0 Å². The Labute approximate surface area is 154 Å². The van der Waals surface area contributed by atoms with Crippen LogP contribution in [0.5, 0.6) is 0 Å². The van der Waals surface area contributed by atoms with Crippen molar-refractivity contribution in [2.75, 3.05) is 33.7 Å². The summed E-state index contributed by atoms with van der Waals surface area (Å²) in [6, 6.07) is 0. The molecule has 0 bridgehead atoms. The van der Waals surface area contributed by atoms with Gasteiger partial charge in [-0.2, -0.15) is 13.2 Å². The first kappa shape index (κ1) is 20.4. The van der Waals surface area contributed by atoms with Crippen LogP contribution in [0.2, 0.25) is 0 Å². The SMILES string of the molecule is CN=C(NCc1nc(C(F)(F)F)cs1)NCC1CCN(C)C1.I. The van der Waals surface area contributed by atoms with E-state index in [-0.39, 0.29) is 30.5 Å². The molecule has 1 saturated heterocycles. The molecule has 0 amide bonds. The van der Waals surface area contributed by atoms with Gasteiger partial charge in [0.2, 0.25) is 0 Å². The molecule has 1 unspecified atom stereocenters. The number of likely N-dealkylation sites (tertiary alicyclic amines) is 1. The summed E-state index contributed by atoms with van der Waals surface area (Å²) in [5.41, 5.74) is -0.841. The van der Waals surface area contributed by atoms with Crippen LogP contribution in [0.3, 0.4) is 0 Å². The standard InChI is InChI=1S/C13H20F3N5S.HI/c1-17-12(18-5-9-3-4-21(2)7-9)19-6-11-20-10(8-22-11)13(14,15)16;/h8-9H,3-7H2,1-2H3,(H2,17,18,19);1H. The maximum atomic E-state index is 12.5. The highest BCUT2D eigenvalue weighted by Crippen LogP contribution is 2.29. The Morgan fingerprint density at radius 1 is 1.48 bits per heavy atom. The van der Waals surface area contributed by atoms with Gasteiger partial charge >= 0.3 is 6.18 Å². The summed E-state index contributed by atoms with van der Waals surface area (Å²) >= 11 is 0.990. The van der Waals surface area contributed by atoms with Crippen molar-refractivity contribution < 1.29 is 13.2 Å². The largest absolute Gasteiger partial charge is 0.434 e. The molecule has 0 aromatic carbocycles. The maximum Gasteiger partial charge on any atom is 0.434 e. The zero-order valence-electron chi connectivity index (χ0n) is 13.0. The summed E-state index contributed by atoms with van der Waals surface area (Å²) in [5.74, 6) is 1.15. The van der Waals surface area contributed by atoms with Gasteiger partial charge in [-0.25, -0.2) is 4.98 Å². The topological polar surface area (TPSA) is 52.6 Å². The van der Waals surface area contributed by atoms with Crippen LogP contribution in [0.4, 0.5) is 13.2 Å². The van der Waals surface area contributed by atoms with Crippen molar-refractivity contribution in [3.8, 4) is 0 Å². The predicted molar refractivity (Wildman–Crippen MR) is 96.3 cm³/mol. The molecule has 1 aromatic heterocycles. The summed E-state index contributed by atoms with van der Waals surface area (Å²) in [6.45, 7) is 3.17. The van der Waals surface area contributed by atoms with E-state index in [4.69, 9.17) is 0 Å². The predicted octanol–water partition coefficient (Wildman–Crippen LogP) is 2.40. The van der Waals surface area contributed by atoms with Gasteiger partial charge in [0.05, 0.1) is 6.54 Å². The van der Waals surface area contributed by atoms with Crippen LogP contribution in [-0.2, 0) is 12.7 Å². The van der Waals surface area contributed by atoms with Gasteiger partial charge in [0.1, 0.15) is 5.01 Å². The molecular formula is C13H21F3IN5S. The lowest BCUT2D eigenvalue weighted by atomic mass is 10.1. The zero-order chi connectivity index (χ0) is 16.2. The number of hydrogen-bond donors (Lipinski definition) is 2. The van der Waals surface area contributed by atoms with Crippen LogP contribution in [0.15, 0.2) is 10.4 Å². The fourth-order valence-electron chi connectivity index (χ4n) is 2.34. The average Bonchev–Trinajstić information content (AvgIpc) is 3.07. The van der Waals surface area contributed by atoms with Crippen molar-refractivity contribution in [1.82, 2.24) is 20.5 Å². The monoisotopic (exact) mass is 463 g/mol. The molecule has 2 heterocycles. The number of hydrogen-bond acceptors (Lipinski definition) is 4. The summed E-state index contributed by atoms with van der Waals surface area (Å²) in [7, 11) is 3.73. The third kappa shape index (κ3) is 6.42. The van der Waals surface area contributed by atoms with Crippen LogP contribution >= 0.6 is 35.3 Å². The minimum Gasteiger partial charge on any atom is -0.356 e. The minimum atomic E-state index is -4.39. The molecular weight excluding hydrogens is 442 g/mol. The highest BCUT2D eigenvalue weighted by atomic mass is 127. The van der Waals surface area contributed by atoms with Gasteiger partial charge in [-0.05, 0) is 25.9 Å². The lowest BCUT2D eigenvalue weighted by Gasteiger charge is -2.15. The first-order valence-corrected chi connectivity index (χ1v) is 7.91. The highest BCUT2D eigenvalue weighted by molar-refractivity contribution is 14.0. The van der Waals surface area contributed by atoms with Gasteiger partial charge in [-0.3, -0.25) is 4.99 Å². The van der Waals surface area contributed by atoms with E-state index >= 15 is 0 Å². The molecule has 0 aliphatic carbocycles. The van der Waals surface area contributed by atoms with E-state index in [2.05, 4.69) is 32.6 Å². The van der Waals surface area contributed by atoms with Gasteiger partial charge in [-0.15, -0.1) is 35.3 Å². The van der Waals surface area contributed by atoms with E-state index in [0.29, 0.717) is 16.9 Å². The number of nitrogens with one attached hydrogen (secondary N) is 2. The number of rotatable bonds is 4. The molecule has 1 aliphatic rings. The Morgan fingerprint density at radius 3 is 2.74 bits per heavy atom. The normalized spacial score (nSPS) is 19.5. The second-order valence-electron chi connectivity index (χ2n) is 5.35. The summed E-state index contributed by atoms with van der Waals surface area (Å²) in [5, 5.41) is 7.61. The third-order valence-electron chi connectivity index (χ3n) is 3.52. The average molecular weight is 463 g/mol. The number of thiazole rings is 1. The summed E-state index contributed by atoms with van der Waals surface area (Å²) < 4.78 is 37.4. The van der Waals surface area contributed by atoms with E-state index in [0.717, 1.165) is 42.8 Å². The van der Waals surface area contributed by atoms with Crippen molar-refractivity contribution >= 4 is 41.3 Å². The lowest BCUT2D eigenvalue weighted by Crippen LogP contribution is -2.39. The van der Waals surface area contributed by atoms with Crippen molar-refractivity contribution in [2.24, 2.45) is 10.9 Å². The maximum absolute atomic E-state index is 12.5. The molecule has 1 aliphatic heterocycles. The van der Waals surface area contributed by atoms with Crippen LogP contribution in [0, 0.1) is 5.92 Å². The molecule has 0 saturated carbocycles. The number of guanidine groups is 1. The third-order valence-corrected chi connectivity index (χ3v) is 4.37. The van der Waals surface area contributed by atoms with E-state index in [1.807, 2.05) is 0 Å². The molecule has 1 fully saturated rings. The minimum absolute atomic E-state index is 0. The molecule has 1 aromatic rings. The Hall–Kier alpha value is -0.620. The first-order valence-electron chi connectivity index (χ1n) is 7.03. The van der Waals surface area contributed by atoms with Gasteiger partial charge in [0.15, 0.2) is 11.7 Å². The smallest absolute Gasteiger partial charge is 0.356 e. The second kappa shape index (κ2) is 9.02. The van der Waals surface area contributed by atoms with Crippen LogP contribution in [0.25, 0.3) is 0 Å². The number of aromatic nitrogens is 1. The van der Waals surface area contributed by atoms with E-state index < -0.39 is 11.9 Å².